The topological polar surface area (TPSA) is 101 Å². The molecule has 9 rings (SSSR count). The Labute approximate surface area is 319 Å². The Bertz CT molecular complexity index is 2420. The number of carbonyl (C=O) groups excluding carboxylic acids is 2. The van der Waals surface area contributed by atoms with Crippen LogP contribution in [0.5, 0.6) is 17.2 Å². The third kappa shape index (κ3) is 5.51. The maximum atomic E-state index is 13.7. The van der Waals surface area contributed by atoms with Gasteiger partial charge in [0.05, 0.1) is 0 Å². The number of hydrogen-bond donors (Lipinski definition) is 3. The fourth-order valence-corrected chi connectivity index (χ4v) is 8.27. The van der Waals surface area contributed by atoms with E-state index in [1.807, 2.05) is 122 Å². The second kappa shape index (κ2) is 13.7. The van der Waals surface area contributed by atoms with Crippen LogP contribution >= 0.6 is 0 Å². The number of carbonyl (C=O) groups is 2. The number of fused-ring (bicyclic) bond motifs is 2. The SMILES string of the molecule is Cc1ccc(C2(c3ccc(O)cc3)c3ccccc3C(=O)N2C)cc1.O=C1c2ccccc2C(c2ccc(O)cc2)(c2ccc(O)cc2)N1c1ccccc1. The highest BCUT2D eigenvalue weighted by atomic mass is 16.3. The molecule has 2 heterocycles. The van der Waals surface area contributed by atoms with Crippen molar-refractivity contribution in [3.63, 3.8) is 0 Å². The van der Waals surface area contributed by atoms with Gasteiger partial charge in [0.1, 0.15) is 28.3 Å². The van der Waals surface area contributed by atoms with Crippen LogP contribution in [0.15, 0.2) is 176 Å². The van der Waals surface area contributed by atoms with Gasteiger partial charge in [-0.05, 0) is 101 Å². The summed E-state index contributed by atoms with van der Waals surface area (Å²) in [4.78, 5) is 30.3. The van der Waals surface area contributed by atoms with Gasteiger partial charge in [0.25, 0.3) is 11.8 Å². The summed E-state index contributed by atoms with van der Waals surface area (Å²) in [6.45, 7) is 2.05. The van der Waals surface area contributed by atoms with Crippen LogP contribution in [0, 0.1) is 6.92 Å². The standard InChI is InChI=1S/C26H19NO3.C22H19NO2/c28-21-14-10-18(11-15-21)26(19-12-16-22(29)17-13-19)24-9-5-4-8-23(24)25(30)27(26)20-6-2-1-3-7-20;1-15-7-9-16(10-8-15)22(17-11-13-18(24)14-12-17)20-6-4-3-5-19(20)21(25)23(22)2/h1-17,28-29H;3-14,24H,1-2H3. The van der Waals surface area contributed by atoms with E-state index in [9.17, 15) is 24.9 Å². The lowest BCUT2D eigenvalue weighted by Crippen LogP contribution is -2.46. The fourth-order valence-electron chi connectivity index (χ4n) is 8.27. The van der Waals surface area contributed by atoms with Crippen molar-refractivity contribution >= 4 is 17.5 Å². The lowest BCUT2D eigenvalue weighted by Gasteiger charge is -2.40. The Balaban J connectivity index is 0.000000158. The average molecular weight is 723 g/mol. The zero-order chi connectivity index (χ0) is 38.3. The molecule has 7 nitrogen and oxygen atoms in total. The van der Waals surface area contributed by atoms with Gasteiger partial charge >= 0.3 is 0 Å². The molecule has 0 bridgehead atoms. The van der Waals surface area contributed by atoms with Crippen molar-refractivity contribution in [1.82, 2.24) is 4.90 Å². The smallest absolute Gasteiger partial charge is 0.260 e. The van der Waals surface area contributed by atoms with E-state index in [2.05, 4.69) is 31.2 Å². The molecular formula is C48H38N2O5. The number of rotatable bonds is 5. The second-order valence-electron chi connectivity index (χ2n) is 13.9. The number of aryl methyl sites for hydroxylation is 1. The van der Waals surface area contributed by atoms with Gasteiger partial charge in [0.2, 0.25) is 0 Å². The van der Waals surface area contributed by atoms with Crippen LogP contribution in [0.1, 0.15) is 59.7 Å². The van der Waals surface area contributed by atoms with Crippen LogP contribution in [-0.2, 0) is 11.1 Å². The summed E-state index contributed by atoms with van der Waals surface area (Å²) in [5, 5.41) is 29.5. The Morgan fingerprint density at radius 3 is 1.25 bits per heavy atom. The molecule has 0 saturated carbocycles. The van der Waals surface area contributed by atoms with Crippen LogP contribution in [-0.4, -0.2) is 39.1 Å². The third-order valence-corrected chi connectivity index (χ3v) is 10.8. The molecule has 7 aromatic rings. The number of phenols is 3. The summed E-state index contributed by atoms with van der Waals surface area (Å²) < 4.78 is 0. The molecule has 0 aliphatic carbocycles. The number of para-hydroxylation sites is 1. The number of amides is 2. The van der Waals surface area contributed by atoms with E-state index >= 15 is 0 Å². The summed E-state index contributed by atoms with van der Waals surface area (Å²) in [5.74, 6) is 0.428. The van der Waals surface area contributed by atoms with E-state index in [1.54, 1.807) is 46.2 Å². The van der Waals surface area contributed by atoms with Gasteiger partial charge < -0.3 is 20.2 Å². The van der Waals surface area contributed by atoms with Crippen molar-refractivity contribution in [3.05, 3.63) is 226 Å². The number of aromatic hydroxyl groups is 3. The number of nitrogens with zero attached hydrogens (tertiary/aromatic N) is 2. The summed E-state index contributed by atoms with van der Waals surface area (Å²) >= 11 is 0. The fraction of sp³-hybridized carbons (Fsp3) is 0.0833. The lowest BCUT2D eigenvalue weighted by atomic mass is 9.76. The monoisotopic (exact) mass is 722 g/mol. The number of anilines is 1. The lowest BCUT2D eigenvalue weighted by molar-refractivity contribution is 0.0736. The highest BCUT2D eigenvalue weighted by Crippen LogP contribution is 2.52. The largest absolute Gasteiger partial charge is 0.508 e. The van der Waals surface area contributed by atoms with E-state index in [-0.39, 0.29) is 29.1 Å². The molecule has 2 aliphatic heterocycles. The first-order chi connectivity index (χ1) is 26.7. The molecule has 7 aromatic carbocycles. The van der Waals surface area contributed by atoms with Gasteiger partial charge in [-0.15, -0.1) is 0 Å². The first-order valence-electron chi connectivity index (χ1n) is 18.0. The van der Waals surface area contributed by atoms with Crippen LogP contribution in [0.4, 0.5) is 5.69 Å². The van der Waals surface area contributed by atoms with Gasteiger partial charge in [-0.1, -0.05) is 121 Å². The van der Waals surface area contributed by atoms with Gasteiger partial charge in [0, 0.05) is 23.9 Å². The van der Waals surface area contributed by atoms with Crippen molar-refractivity contribution in [2.24, 2.45) is 0 Å². The number of phenolic OH excluding ortho intramolecular Hbond substituents is 3. The van der Waals surface area contributed by atoms with E-state index in [4.69, 9.17) is 0 Å². The predicted octanol–water partition coefficient (Wildman–Crippen LogP) is 9.13. The second-order valence-corrected chi connectivity index (χ2v) is 13.9. The minimum absolute atomic E-state index is 0.00394. The van der Waals surface area contributed by atoms with Crippen LogP contribution in [0.3, 0.4) is 0 Å². The molecule has 55 heavy (non-hydrogen) atoms. The van der Waals surface area contributed by atoms with Crippen molar-refractivity contribution in [2.45, 2.75) is 18.0 Å². The van der Waals surface area contributed by atoms with Crippen molar-refractivity contribution in [2.75, 3.05) is 11.9 Å². The summed E-state index contributed by atoms with van der Waals surface area (Å²) in [6, 6.07) is 54.2. The molecule has 0 saturated heterocycles. The van der Waals surface area contributed by atoms with E-state index in [0.29, 0.717) is 5.56 Å². The highest BCUT2D eigenvalue weighted by Gasteiger charge is 2.53. The maximum Gasteiger partial charge on any atom is 0.260 e. The zero-order valence-electron chi connectivity index (χ0n) is 30.3. The minimum Gasteiger partial charge on any atom is -0.508 e. The molecule has 1 unspecified atom stereocenters. The van der Waals surface area contributed by atoms with E-state index in [0.717, 1.165) is 44.6 Å². The third-order valence-electron chi connectivity index (χ3n) is 10.8. The normalized spacial score (nSPS) is 16.6. The summed E-state index contributed by atoms with van der Waals surface area (Å²) in [5.41, 5.74) is 7.13. The Morgan fingerprint density at radius 2 is 0.782 bits per heavy atom. The Hall–Kier alpha value is -7.12. The van der Waals surface area contributed by atoms with Gasteiger partial charge in [-0.3, -0.25) is 14.5 Å². The first kappa shape index (κ1) is 34.9. The van der Waals surface area contributed by atoms with Gasteiger partial charge in [-0.25, -0.2) is 0 Å². The van der Waals surface area contributed by atoms with Crippen molar-refractivity contribution in [1.29, 1.82) is 0 Å². The molecule has 0 radical (unpaired) electrons. The predicted molar refractivity (Wildman–Crippen MR) is 213 cm³/mol. The zero-order valence-corrected chi connectivity index (χ0v) is 30.3. The molecule has 7 heteroatoms. The number of benzene rings is 7. The summed E-state index contributed by atoms with van der Waals surface area (Å²) in [6.07, 6.45) is 0. The number of hydrogen-bond acceptors (Lipinski definition) is 5. The molecule has 1 atom stereocenters. The molecule has 3 N–H and O–H groups in total. The Kier molecular flexibility index (Phi) is 8.70. The van der Waals surface area contributed by atoms with Gasteiger partial charge in [-0.2, -0.15) is 0 Å². The van der Waals surface area contributed by atoms with Crippen molar-refractivity contribution in [3.8, 4) is 17.2 Å². The van der Waals surface area contributed by atoms with Crippen LogP contribution in [0.2, 0.25) is 0 Å². The first-order valence-corrected chi connectivity index (χ1v) is 18.0. The highest BCUT2D eigenvalue weighted by molar-refractivity contribution is 6.13. The Morgan fingerprint density at radius 1 is 0.418 bits per heavy atom. The molecule has 2 aliphatic rings. The quantitative estimate of drug-likeness (QED) is 0.165. The van der Waals surface area contributed by atoms with Crippen LogP contribution in [0.25, 0.3) is 0 Å². The van der Waals surface area contributed by atoms with Crippen molar-refractivity contribution < 1.29 is 24.9 Å². The van der Waals surface area contributed by atoms with Crippen LogP contribution < -0.4 is 4.90 Å². The van der Waals surface area contributed by atoms with E-state index in [1.165, 1.54) is 5.56 Å². The molecule has 2 amide bonds. The molecule has 0 fully saturated rings. The van der Waals surface area contributed by atoms with E-state index < -0.39 is 11.1 Å². The minimum atomic E-state index is -0.948. The molecular weight excluding hydrogens is 685 g/mol. The summed E-state index contributed by atoms with van der Waals surface area (Å²) in [7, 11) is 1.84. The van der Waals surface area contributed by atoms with Gasteiger partial charge in [0.15, 0.2) is 0 Å². The maximum absolute atomic E-state index is 13.7. The molecule has 0 aromatic heterocycles. The average Bonchev–Trinajstić information content (AvgIpc) is 3.61. The molecule has 0 spiro atoms. The molecule has 270 valence electrons.